The first-order valence-corrected chi connectivity index (χ1v) is 11.1. The molecule has 2 aromatic carbocycles. The standard InChI is InChI=1S/C18H17F3N4O2S2/c19-18(20,21)12-5-6-15-13(11-12)23-17(28-15)25-9-7-24(8-10-25)14-3-1-2-4-16(14)29(22,26)27/h1-6,11H,7-10H2,(H2,22,26,27). The van der Waals surface area contributed by atoms with Gasteiger partial charge < -0.3 is 9.80 Å². The van der Waals surface area contributed by atoms with Crippen molar-refractivity contribution in [1.29, 1.82) is 0 Å². The Kier molecular flexibility index (Phi) is 4.91. The van der Waals surface area contributed by atoms with Crippen LogP contribution in [0.2, 0.25) is 0 Å². The topological polar surface area (TPSA) is 79.5 Å². The van der Waals surface area contributed by atoms with E-state index >= 15 is 0 Å². The Bertz CT molecular complexity index is 1150. The third-order valence-electron chi connectivity index (χ3n) is 4.77. The fourth-order valence-electron chi connectivity index (χ4n) is 3.32. The number of nitrogens with zero attached hydrogens (tertiary/aromatic N) is 3. The van der Waals surface area contributed by atoms with E-state index in [2.05, 4.69) is 4.98 Å². The Morgan fingerprint density at radius 1 is 1.00 bits per heavy atom. The van der Waals surface area contributed by atoms with Gasteiger partial charge in [-0.15, -0.1) is 0 Å². The molecule has 3 aromatic rings. The number of piperazine rings is 1. The SMILES string of the molecule is NS(=O)(=O)c1ccccc1N1CCN(c2nc3cc(C(F)(F)F)ccc3s2)CC1. The quantitative estimate of drug-likeness (QED) is 0.674. The molecule has 1 saturated heterocycles. The zero-order valence-electron chi connectivity index (χ0n) is 15.1. The minimum absolute atomic E-state index is 0.0770. The number of hydrogen-bond donors (Lipinski definition) is 1. The Labute approximate surface area is 169 Å². The second kappa shape index (κ2) is 7.15. The lowest BCUT2D eigenvalue weighted by molar-refractivity contribution is -0.137. The van der Waals surface area contributed by atoms with E-state index in [1.807, 2.05) is 9.80 Å². The summed E-state index contributed by atoms with van der Waals surface area (Å²) in [6.45, 7) is 2.20. The number of halogens is 3. The van der Waals surface area contributed by atoms with Crippen LogP contribution >= 0.6 is 11.3 Å². The van der Waals surface area contributed by atoms with Gasteiger partial charge in [0.2, 0.25) is 10.0 Å². The molecule has 29 heavy (non-hydrogen) atoms. The molecule has 1 aliphatic rings. The number of hydrogen-bond acceptors (Lipinski definition) is 6. The van der Waals surface area contributed by atoms with Gasteiger partial charge in [0, 0.05) is 26.2 Å². The van der Waals surface area contributed by atoms with Crippen LogP contribution in [0.25, 0.3) is 10.2 Å². The molecule has 0 atom stereocenters. The summed E-state index contributed by atoms with van der Waals surface area (Å²) in [6.07, 6.45) is -4.40. The molecule has 11 heteroatoms. The average molecular weight is 442 g/mol. The molecule has 0 aliphatic carbocycles. The fraction of sp³-hybridized carbons (Fsp3) is 0.278. The van der Waals surface area contributed by atoms with E-state index in [0.29, 0.717) is 47.2 Å². The maximum absolute atomic E-state index is 12.9. The highest BCUT2D eigenvalue weighted by atomic mass is 32.2. The zero-order valence-corrected chi connectivity index (χ0v) is 16.7. The Balaban J connectivity index is 1.53. The summed E-state index contributed by atoms with van der Waals surface area (Å²) in [5, 5.41) is 5.97. The highest BCUT2D eigenvalue weighted by molar-refractivity contribution is 7.89. The number of nitrogens with two attached hydrogens (primary N) is 1. The van der Waals surface area contributed by atoms with Crippen molar-refractivity contribution in [2.75, 3.05) is 36.0 Å². The first-order chi connectivity index (χ1) is 13.6. The monoisotopic (exact) mass is 442 g/mol. The van der Waals surface area contributed by atoms with Gasteiger partial charge in [-0.2, -0.15) is 13.2 Å². The van der Waals surface area contributed by atoms with Crippen LogP contribution in [0.5, 0.6) is 0 Å². The second-order valence-corrected chi connectivity index (χ2v) is 9.20. The summed E-state index contributed by atoms with van der Waals surface area (Å²) in [6, 6.07) is 10.1. The third kappa shape index (κ3) is 4.02. The van der Waals surface area contributed by atoms with Crippen molar-refractivity contribution in [2.45, 2.75) is 11.1 Å². The molecule has 0 bridgehead atoms. The first-order valence-electron chi connectivity index (χ1n) is 8.72. The molecule has 2 heterocycles. The van der Waals surface area contributed by atoms with Crippen LogP contribution in [0.1, 0.15) is 5.56 Å². The van der Waals surface area contributed by atoms with Crippen molar-refractivity contribution in [3.05, 3.63) is 48.0 Å². The summed E-state index contributed by atoms with van der Waals surface area (Å²) in [5.41, 5.74) is 0.155. The van der Waals surface area contributed by atoms with Gasteiger partial charge in [0.1, 0.15) is 4.90 Å². The number of aromatic nitrogens is 1. The number of benzene rings is 2. The van der Waals surface area contributed by atoms with E-state index in [4.69, 9.17) is 5.14 Å². The molecule has 0 spiro atoms. The summed E-state index contributed by atoms with van der Waals surface area (Å²) >= 11 is 1.34. The van der Waals surface area contributed by atoms with Gasteiger partial charge in [-0.25, -0.2) is 18.5 Å². The Hall–Kier alpha value is -2.37. The van der Waals surface area contributed by atoms with Crippen molar-refractivity contribution in [2.24, 2.45) is 5.14 Å². The van der Waals surface area contributed by atoms with Crippen LogP contribution in [0.3, 0.4) is 0 Å². The molecule has 1 fully saturated rings. The number of thiazole rings is 1. The second-order valence-electron chi connectivity index (χ2n) is 6.66. The minimum Gasteiger partial charge on any atom is -0.367 e. The number of para-hydroxylation sites is 1. The zero-order chi connectivity index (χ0) is 20.8. The minimum atomic E-state index is -4.40. The molecule has 0 saturated carbocycles. The summed E-state index contributed by atoms with van der Waals surface area (Å²) < 4.78 is 63.1. The fourth-order valence-corrected chi connectivity index (χ4v) is 5.08. The molecular weight excluding hydrogens is 425 g/mol. The lowest BCUT2D eigenvalue weighted by Crippen LogP contribution is -2.47. The first kappa shape index (κ1) is 19.9. The van der Waals surface area contributed by atoms with Crippen LogP contribution in [-0.4, -0.2) is 39.6 Å². The molecule has 0 unspecified atom stereocenters. The van der Waals surface area contributed by atoms with Crippen LogP contribution in [-0.2, 0) is 16.2 Å². The predicted molar refractivity (Wildman–Crippen MR) is 107 cm³/mol. The lowest BCUT2D eigenvalue weighted by Gasteiger charge is -2.36. The molecule has 154 valence electrons. The molecule has 6 nitrogen and oxygen atoms in total. The van der Waals surface area contributed by atoms with E-state index in [0.717, 1.165) is 12.1 Å². The number of sulfonamides is 1. The maximum atomic E-state index is 12.9. The van der Waals surface area contributed by atoms with Gasteiger partial charge in [-0.3, -0.25) is 0 Å². The molecule has 1 aromatic heterocycles. The van der Waals surface area contributed by atoms with Gasteiger partial charge in [0.15, 0.2) is 5.13 Å². The Morgan fingerprint density at radius 2 is 1.66 bits per heavy atom. The number of fused-ring (bicyclic) bond motifs is 1. The van der Waals surface area contributed by atoms with Crippen molar-refractivity contribution in [3.63, 3.8) is 0 Å². The molecule has 4 rings (SSSR count). The highest BCUT2D eigenvalue weighted by Gasteiger charge is 2.31. The predicted octanol–water partition coefficient (Wildman–Crippen LogP) is 3.29. The van der Waals surface area contributed by atoms with Crippen LogP contribution in [0.4, 0.5) is 24.0 Å². The van der Waals surface area contributed by atoms with Crippen molar-refractivity contribution >= 4 is 42.4 Å². The largest absolute Gasteiger partial charge is 0.416 e. The number of anilines is 2. The van der Waals surface area contributed by atoms with E-state index in [-0.39, 0.29) is 4.90 Å². The van der Waals surface area contributed by atoms with Crippen molar-refractivity contribution in [3.8, 4) is 0 Å². The van der Waals surface area contributed by atoms with E-state index in [9.17, 15) is 21.6 Å². The van der Waals surface area contributed by atoms with Crippen LogP contribution in [0, 0.1) is 0 Å². The Morgan fingerprint density at radius 3 is 2.31 bits per heavy atom. The van der Waals surface area contributed by atoms with Crippen molar-refractivity contribution in [1.82, 2.24) is 4.98 Å². The number of primary sulfonamides is 1. The van der Waals surface area contributed by atoms with E-state index < -0.39 is 21.8 Å². The molecule has 1 aliphatic heterocycles. The maximum Gasteiger partial charge on any atom is 0.416 e. The highest BCUT2D eigenvalue weighted by Crippen LogP contribution is 2.35. The summed E-state index contributed by atoms with van der Waals surface area (Å²) in [4.78, 5) is 8.38. The number of alkyl halides is 3. The molecule has 0 amide bonds. The van der Waals surface area contributed by atoms with Crippen molar-refractivity contribution < 1.29 is 21.6 Å². The van der Waals surface area contributed by atoms with E-state index in [1.165, 1.54) is 23.5 Å². The van der Waals surface area contributed by atoms with Gasteiger partial charge in [-0.05, 0) is 30.3 Å². The normalized spacial score (nSPS) is 15.9. The third-order valence-corrected chi connectivity index (χ3v) is 6.82. The molecular formula is C18H17F3N4O2S2. The van der Waals surface area contributed by atoms with Gasteiger partial charge in [-0.1, -0.05) is 23.5 Å². The number of rotatable bonds is 3. The van der Waals surface area contributed by atoms with Gasteiger partial charge in [0.05, 0.1) is 21.5 Å². The molecule has 2 N–H and O–H groups in total. The van der Waals surface area contributed by atoms with Gasteiger partial charge in [0.25, 0.3) is 0 Å². The lowest BCUT2D eigenvalue weighted by atomic mass is 10.2. The van der Waals surface area contributed by atoms with Crippen LogP contribution < -0.4 is 14.9 Å². The summed E-state index contributed by atoms with van der Waals surface area (Å²) in [5.74, 6) is 0. The van der Waals surface area contributed by atoms with Gasteiger partial charge >= 0.3 is 6.18 Å². The smallest absolute Gasteiger partial charge is 0.367 e. The van der Waals surface area contributed by atoms with Crippen LogP contribution in [0.15, 0.2) is 47.4 Å². The average Bonchev–Trinajstić information content (AvgIpc) is 3.10. The molecule has 0 radical (unpaired) electrons. The summed E-state index contributed by atoms with van der Waals surface area (Å²) in [7, 11) is -3.84. The van der Waals surface area contributed by atoms with E-state index in [1.54, 1.807) is 18.2 Å².